The third-order valence-corrected chi connectivity index (χ3v) is 7.78. The van der Waals surface area contributed by atoms with Crippen LogP contribution >= 0.6 is 0 Å². The monoisotopic (exact) mass is 519 g/mol. The van der Waals surface area contributed by atoms with E-state index in [-0.39, 0.29) is 11.6 Å². The summed E-state index contributed by atoms with van der Waals surface area (Å²) in [5, 5.41) is 13.9. The van der Waals surface area contributed by atoms with Crippen LogP contribution in [-0.2, 0) is 13.1 Å². The van der Waals surface area contributed by atoms with E-state index in [2.05, 4.69) is 92.7 Å². The number of hydrogen-bond donors (Lipinski definition) is 1. The van der Waals surface area contributed by atoms with Crippen LogP contribution in [0, 0.1) is 13.8 Å². The maximum Gasteiger partial charge on any atom is 0.253 e. The van der Waals surface area contributed by atoms with Gasteiger partial charge in [-0.3, -0.25) is 14.6 Å². The number of tetrazole rings is 1. The van der Waals surface area contributed by atoms with E-state index in [1.807, 2.05) is 35.0 Å². The molecule has 0 aliphatic carbocycles. The number of nitrogens with zero attached hydrogens (tertiary/aromatic N) is 6. The number of piperazine rings is 1. The summed E-state index contributed by atoms with van der Waals surface area (Å²) in [5.41, 5.74) is 6.19. The van der Waals surface area contributed by atoms with E-state index in [9.17, 15) is 4.79 Å². The lowest BCUT2D eigenvalue weighted by Crippen LogP contribution is -2.48. The van der Waals surface area contributed by atoms with E-state index in [1.165, 1.54) is 11.1 Å². The molecule has 0 radical (unpaired) electrons. The normalized spacial score (nSPS) is 15.5. The Kier molecular flexibility index (Phi) is 7.04. The van der Waals surface area contributed by atoms with Gasteiger partial charge in [0.05, 0.1) is 6.54 Å². The third kappa shape index (κ3) is 5.39. The Bertz CT molecular complexity index is 1620. The van der Waals surface area contributed by atoms with Crippen molar-refractivity contribution in [2.75, 3.05) is 26.2 Å². The van der Waals surface area contributed by atoms with E-state index in [0.29, 0.717) is 17.9 Å². The molecule has 0 unspecified atom stereocenters. The van der Waals surface area contributed by atoms with Gasteiger partial charge >= 0.3 is 0 Å². The first-order valence-electron chi connectivity index (χ1n) is 13.5. The number of H-pyrrole nitrogens is 1. The molecule has 6 rings (SSSR count). The fourth-order valence-corrected chi connectivity index (χ4v) is 5.49. The van der Waals surface area contributed by atoms with Crippen molar-refractivity contribution < 1.29 is 0 Å². The molecule has 39 heavy (non-hydrogen) atoms. The van der Waals surface area contributed by atoms with Gasteiger partial charge in [-0.2, -0.15) is 0 Å². The van der Waals surface area contributed by atoms with Crippen LogP contribution in [0.5, 0.6) is 0 Å². The van der Waals surface area contributed by atoms with Crippen LogP contribution in [0.4, 0.5) is 0 Å². The number of aromatic amines is 1. The SMILES string of the molecule is Cc1cc2cc([C@H](c3nnnn3Cc3ccccc3)N3CCN(Cc4ccccc4)CC3)c(=O)[nH]c2cc1C. The minimum Gasteiger partial charge on any atom is -0.322 e. The highest BCUT2D eigenvalue weighted by Gasteiger charge is 2.32. The summed E-state index contributed by atoms with van der Waals surface area (Å²) in [5.74, 6) is 0.684. The van der Waals surface area contributed by atoms with Crippen LogP contribution in [0.2, 0.25) is 0 Å². The Morgan fingerprint density at radius 3 is 2.15 bits per heavy atom. The molecule has 0 saturated carbocycles. The Morgan fingerprint density at radius 2 is 1.46 bits per heavy atom. The Hall–Kier alpha value is -4.14. The predicted molar refractivity (Wildman–Crippen MR) is 153 cm³/mol. The zero-order valence-corrected chi connectivity index (χ0v) is 22.4. The van der Waals surface area contributed by atoms with E-state index >= 15 is 0 Å². The molecule has 0 amide bonds. The van der Waals surface area contributed by atoms with Gasteiger partial charge in [0.25, 0.3) is 5.56 Å². The largest absolute Gasteiger partial charge is 0.322 e. The average Bonchev–Trinajstić information content (AvgIpc) is 3.40. The lowest BCUT2D eigenvalue weighted by molar-refractivity contribution is 0.0998. The first kappa shape index (κ1) is 25.2. The van der Waals surface area contributed by atoms with Crippen molar-refractivity contribution in [2.24, 2.45) is 0 Å². The van der Waals surface area contributed by atoms with Gasteiger partial charge in [-0.05, 0) is 70.1 Å². The van der Waals surface area contributed by atoms with Crippen LogP contribution in [0.3, 0.4) is 0 Å². The minimum absolute atomic E-state index is 0.100. The lowest BCUT2D eigenvalue weighted by atomic mass is 10.00. The number of rotatable bonds is 7. The number of aromatic nitrogens is 5. The van der Waals surface area contributed by atoms with Crippen LogP contribution < -0.4 is 5.56 Å². The maximum atomic E-state index is 13.6. The standard InChI is InChI=1S/C31H33N7O/c1-22-17-26-19-27(31(39)32-28(26)18-23(22)2)29(30-33-34-35-38(30)21-25-11-7-4-8-12-25)37-15-13-36(14-16-37)20-24-9-5-3-6-10-24/h3-12,17-19,29H,13-16,20-21H2,1-2H3,(H,32,39)/t29-/m1/s1. The molecule has 8 heteroatoms. The first-order valence-corrected chi connectivity index (χ1v) is 13.5. The molecule has 0 bridgehead atoms. The third-order valence-electron chi connectivity index (χ3n) is 7.78. The van der Waals surface area contributed by atoms with Crippen LogP contribution in [-0.4, -0.2) is 61.2 Å². The molecule has 3 aromatic carbocycles. The zero-order valence-electron chi connectivity index (χ0n) is 22.4. The number of hydrogen-bond acceptors (Lipinski definition) is 6. The molecule has 1 fully saturated rings. The highest BCUT2D eigenvalue weighted by atomic mass is 16.1. The highest BCUT2D eigenvalue weighted by Crippen LogP contribution is 2.29. The van der Waals surface area contributed by atoms with Crippen molar-refractivity contribution in [3.05, 3.63) is 123 Å². The fourth-order valence-electron chi connectivity index (χ4n) is 5.49. The summed E-state index contributed by atoms with van der Waals surface area (Å²) in [6.45, 7) is 9.03. The maximum absolute atomic E-state index is 13.6. The van der Waals surface area contributed by atoms with Crippen LogP contribution in [0.1, 0.15) is 39.7 Å². The summed E-state index contributed by atoms with van der Waals surface area (Å²) >= 11 is 0. The summed E-state index contributed by atoms with van der Waals surface area (Å²) in [7, 11) is 0. The first-order chi connectivity index (χ1) is 19.0. The van der Waals surface area contributed by atoms with Crippen molar-refractivity contribution in [1.29, 1.82) is 0 Å². The molecule has 0 spiro atoms. The number of nitrogens with one attached hydrogen (secondary N) is 1. The van der Waals surface area contributed by atoms with Gasteiger partial charge in [0, 0.05) is 43.8 Å². The topological polar surface area (TPSA) is 82.9 Å². The molecular weight excluding hydrogens is 486 g/mol. The molecule has 1 saturated heterocycles. The molecule has 1 aliphatic heterocycles. The molecule has 2 aromatic heterocycles. The molecule has 1 aliphatic rings. The quantitative estimate of drug-likeness (QED) is 0.349. The molecule has 198 valence electrons. The van der Waals surface area contributed by atoms with Gasteiger partial charge in [0.2, 0.25) is 0 Å². The molecule has 1 N–H and O–H groups in total. The van der Waals surface area contributed by atoms with Gasteiger partial charge in [0.15, 0.2) is 5.82 Å². The van der Waals surface area contributed by atoms with Gasteiger partial charge in [-0.15, -0.1) is 5.10 Å². The highest BCUT2D eigenvalue weighted by molar-refractivity contribution is 5.81. The average molecular weight is 520 g/mol. The summed E-state index contributed by atoms with van der Waals surface area (Å²) in [4.78, 5) is 21.6. The van der Waals surface area contributed by atoms with Gasteiger partial charge < -0.3 is 4.98 Å². The summed E-state index contributed by atoms with van der Waals surface area (Å²) < 4.78 is 1.83. The van der Waals surface area contributed by atoms with Gasteiger partial charge in [-0.25, -0.2) is 4.68 Å². The second-order valence-corrected chi connectivity index (χ2v) is 10.5. The fraction of sp³-hybridized carbons (Fsp3) is 0.290. The second kappa shape index (κ2) is 10.9. The Balaban J connectivity index is 1.36. The summed E-state index contributed by atoms with van der Waals surface area (Å²) in [6, 6.07) is 26.6. The van der Waals surface area contributed by atoms with Crippen molar-refractivity contribution in [3.8, 4) is 0 Å². The Morgan fingerprint density at radius 1 is 0.821 bits per heavy atom. The number of benzene rings is 3. The number of aryl methyl sites for hydroxylation is 2. The van der Waals surface area contributed by atoms with Crippen molar-refractivity contribution in [1.82, 2.24) is 35.0 Å². The van der Waals surface area contributed by atoms with Crippen molar-refractivity contribution >= 4 is 10.9 Å². The minimum atomic E-state index is -0.364. The van der Waals surface area contributed by atoms with Crippen molar-refractivity contribution in [2.45, 2.75) is 33.0 Å². The molecule has 1 atom stereocenters. The number of pyridine rings is 1. The second-order valence-electron chi connectivity index (χ2n) is 10.5. The smallest absolute Gasteiger partial charge is 0.253 e. The molecule has 5 aromatic rings. The number of fused-ring (bicyclic) bond motifs is 1. The van der Waals surface area contributed by atoms with E-state index in [1.54, 1.807) is 0 Å². The van der Waals surface area contributed by atoms with Crippen LogP contribution in [0.15, 0.2) is 83.7 Å². The van der Waals surface area contributed by atoms with Gasteiger partial charge in [-0.1, -0.05) is 60.7 Å². The summed E-state index contributed by atoms with van der Waals surface area (Å²) in [6.07, 6.45) is 0. The Labute approximate surface area is 227 Å². The molecular formula is C31H33N7O. The molecule has 8 nitrogen and oxygen atoms in total. The van der Waals surface area contributed by atoms with E-state index in [0.717, 1.165) is 54.8 Å². The van der Waals surface area contributed by atoms with Crippen molar-refractivity contribution in [3.63, 3.8) is 0 Å². The van der Waals surface area contributed by atoms with E-state index < -0.39 is 0 Å². The lowest BCUT2D eigenvalue weighted by Gasteiger charge is -2.38. The van der Waals surface area contributed by atoms with Gasteiger partial charge in [0.1, 0.15) is 6.04 Å². The molecule has 3 heterocycles. The predicted octanol–water partition coefficient (Wildman–Crippen LogP) is 4.09. The zero-order chi connectivity index (χ0) is 26.8. The van der Waals surface area contributed by atoms with Crippen LogP contribution in [0.25, 0.3) is 10.9 Å². The van der Waals surface area contributed by atoms with E-state index in [4.69, 9.17) is 0 Å².